The number of benzene rings is 2. The second kappa shape index (κ2) is 12.6. The van der Waals surface area contributed by atoms with Gasteiger partial charge in [-0.15, -0.1) is 0 Å². The molecule has 6 heteroatoms. The number of carbonyl (C=O) groups is 2. The van der Waals surface area contributed by atoms with Crippen LogP contribution in [0.15, 0.2) is 54.6 Å². The van der Waals surface area contributed by atoms with Crippen molar-refractivity contribution in [1.29, 1.82) is 0 Å². The first-order valence-corrected chi connectivity index (χ1v) is 10.8. The van der Waals surface area contributed by atoms with Gasteiger partial charge >= 0.3 is 0 Å². The van der Waals surface area contributed by atoms with Gasteiger partial charge in [0.2, 0.25) is 11.8 Å². The summed E-state index contributed by atoms with van der Waals surface area (Å²) in [5, 5.41) is 2.94. The molecule has 1 unspecified atom stereocenters. The lowest BCUT2D eigenvalue weighted by Gasteiger charge is -2.31. The Morgan fingerprint density at radius 2 is 1.68 bits per heavy atom. The van der Waals surface area contributed by atoms with Gasteiger partial charge in [-0.1, -0.05) is 37.3 Å². The van der Waals surface area contributed by atoms with Gasteiger partial charge in [0.05, 0.1) is 13.7 Å². The molecular formula is C25H34N2O4. The summed E-state index contributed by atoms with van der Waals surface area (Å²) in [5.41, 5.74) is 0.950. The number of nitrogens with zero attached hydrogens (tertiary/aromatic N) is 1. The summed E-state index contributed by atoms with van der Waals surface area (Å²) in [5.74, 6) is 1.36. The predicted octanol–water partition coefficient (Wildman–Crippen LogP) is 4.19. The Morgan fingerprint density at radius 3 is 2.26 bits per heavy atom. The first kappa shape index (κ1) is 24.3. The second-order valence-electron chi connectivity index (χ2n) is 7.72. The molecule has 0 bridgehead atoms. The van der Waals surface area contributed by atoms with Gasteiger partial charge in [-0.25, -0.2) is 0 Å². The Kier molecular flexibility index (Phi) is 9.88. The van der Waals surface area contributed by atoms with E-state index < -0.39 is 6.04 Å². The van der Waals surface area contributed by atoms with E-state index in [1.54, 1.807) is 12.0 Å². The van der Waals surface area contributed by atoms with Gasteiger partial charge in [0, 0.05) is 19.0 Å². The molecule has 2 aromatic rings. The lowest BCUT2D eigenvalue weighted by Crippen LogP contribution is -2.50. The molecule has 6 nitrogen and oxygen atoms in total. The zero-order valence-electron chi connectivity index (χ0n) is 19.0. The Bertz CT molecular complexity index is 806. The van der Waals surface area contributed by atoms with Crippen molar-refractivity contribution < 1.29 is 19.1 Å². The van der Waals surface area contributed by atoms with Crippen LogP contribution in [0.25, 0.3) is 0 Å². The molecule has 168 valence electrons. The minimum Gasteiger partial charge on any atom is -0.497 e. The number of ether oxygens (including phenoxy) is 2. The molecule has 1 atom stereocenters. The quantitative estimate of drug-likeness (QED) is 0.517. The number of methoxy groups -OCH3 is 1. The fourth-order valence-corrected chi connectivity index (χ4v) is 3.30. The molecule has 0 aliphatic rings. The number of hydrogen-bond donors (Lipinski definition) is 1. The molecule has 2 rings (SSSR count). The van der Waals surface area contributed by atoms with E-state index in [1.165, 1.54) is 0 Å². The van der Waals surface area contributed by atoms with E-state index in [1.807, 2.05) is 75.4 Å². The van der Waals surface area contributed by atoms with Gasteiger partial charge < -0.3 is 19.7 Å². The van der Waals surface area contributed by atoms with Crippen LogP contribution in [0.3, 0.4) is 0 Å². The van der Waals surface area contributed by atoms with E-state index in [2.05, 4.69) is 5.32 Å². The van der Waals surface area contributed by atoms with Crippen LogP contribution in [0.2, 0.25) is 0 Å². The van der Waals surface area contributed by atoms with Gasteiger partial charge in [0.15, 0.2) is 0 Å². The first-order valence-electron chi connectivity index (χ1n) is 10.8. The average molecular weight is 427 g/mol. The Morgan fingerprint density at radius 1 is 1.00 bits per heavy atom. The summed E-state index contributed by atoms with van der Waals surface area (Å²) >= 11 is 0. The number of para-hydroxylation sites is 1. The highest BCUT2D eigenvalue weighted by atomic mass is 16.5. The van der Waals surface area contributed by atoms with Crippen LogP contribution in [0.1, 0.15) is 45.6 Å². The lowest BCUT2D eigenvalue weighted by molar-refractivity contribution is -0.141. The molecule has 0 aliphatic heterocycles. The molecule has 1 N–H and O–H groups in total. The zero-order chi connectivity index (χ0) is 22.6. The maximum atomic E-state index is 13.1. The maximum Gasteiger partial charge on any atom is 0.243 e. The van der Waals surface area contributed by atoms with E-state index in [9.17, 15) is 9.59 Å². The summed E-state index contributed by atoms with van der Waals surface area (Å²) in [6.45, 7) is 6.58. The minimum atomic E-state index is -0.521. The molecule has 31 heavy (non-hydrogen) atoms. The average Bonchev–Trinajstić information content (AvgIpc) is 2.77. The van der Waals surface area contributed by atoms with Crippen LogP contribution < -0.4 is 14.8 Å². The third-order valence-electron chi connectivity index (χ3n) is 4.88. The smallest absolute Gasteiger partial charge is 0.243 e. The van der Waals surface area contributed by atoms with Crippen molar-refractivity contribution in [2.24, 2.45) is 0 Å². The van der Waals surface area contributed by atoms with Crippen LogP contribution in [0.4, 0.5) is 0 Å². The molecule has 0 aliphatic carbocycles. The van der Waals surface area contributed by atoms with Crippen LogP contribution >= 0.6 is 0 Å². The van der Waals surface area contributed by atoms with Crippen molar-refractivity contribution in [3.05, 3.63) is 60.2 Å². The molecule has 0 radical (unpaired) electrons. The molecule has 0 aromatic heterocycles. The number of amides is 2. The maximum absolute atomic E-state index is 13.1. The molecule has 2 amide bonds. The zero-order valence-corrected chi connectivity index (χ0v) is 19.0. The highest BCUT2D eigenvalue weighted by molar-refractivity contribution is 5.87. The molecule has 0 saturated carbocycles. The number of rotatable bonds is 12. The number of carbonyl (C=O) groups excluding carboxylic acids is 2. The van der Waals surface area contributed by atoms with E-state index >= 15 is 0 Å². The Labute approximate surface area is 185 Å². The summed E-state index contributed by atoms with van der Waals surface area (Å²) in [4.78, 5) is 27.6. The normalized spacial score (nSPS) is 11.6. The molecule has 0 spiro atoms. The predicted molar refractivity (Wildman–Crippen MR) is 122 cm³/mol. The molecular weight excluding hydrogens is 392 g/mol. The van der Waals surface area contributed by atoms with Gasteiger partial charge in [-0.3, -0.25) is 9.59 Å². The Hall–Kier alpha value is -3.02. The molecule has 2 aromatic carbocycles. The topological polar surface area (TPSA) is 67.9 Å². The van der Waals surface area contributed by atoms with Crippen molar-refractivity contribution >= 4 is 11.8 Å². The summed E-state index contributed by atoms with van der Waals surface area (Å²) in [6, 6.07) is 16.6. The third-order valence-corrected chi connectivity index (χ3v) is 4.88. The Balaban J connectivity index is 2.06. The summed E-state index contributed by atoms with van der Waals surface area (Å²) in [7, 11) is 1.62. The third kappa shape index (κ3) is 7.96. The summed E-state index contributed by atoms with van der Waals surface area (Å²) in [6.07, 6.45) is 1.44. The van der Waals surface area contributed by atoms with Crippen LogP contribution in [0.5, 0.6) is 11.5 Å². The molecule has 0 saturated heterocycles. The van der Waals surface area contributed by atoms with E-state index in [-0.39, 0.29) is 17.9 Å². The van der Waals surface area contributed by atoms with Gasteiger partial charge in [0.1, 0.15) is 17.5 Å². The number of nitrogens with one attached hydrogen (secondary N) is 1. The van der Waals surface area contributed by atoms with E-state index in [4.69, 9.17) is 9.47 Å². The summed E-state index contributed by atoms with van der Waals surface area (Å²) < 4.78 is 10.9. The van der Waals surface area contributed by atoms with Crippen molar-refractivity contribution in [3.8, 4) is 11.5 Å². The largest absolute Gasteiger partial charge is 0.497 e. The molecule has 0 heterocycles. The van der Waals surface area contributed by atoms with Crippen LogP contribution in [-0.4, -0.2) is 42.5 Å². The molecule has 0 fully saturated rings. The van der Waals surface area contributed by atoms with Gasteiger partial charge in [-0.05, 0) is 56.5 Å². The standard InChI is InChI=1S/C25H34N2O4/c1-5-23(25(29)26-19(2)3)27(18-20-13-15-21(30-4)16-14-20)24(28)12-9-17-31-22-10-7-6-8-11-22/h6-8,10-11,13-16,19,23H,5,9,12,17-18H2,1-4H3,(H,26,29). The highest BCUT2D eigenvalue weighted by Crippen LogP contribution is 2.18. The van der Waals surface area contributed by atoms with Crippen LogP contribution in [0, 0.1) is 0 Å². The van der Waals surface area contributed by atoms with Crippen molar-refractivity contribution in [1.82, 2.24) is 10.2 Å². The second-order valence-corrected chi connectivity index (χ2v) is 7.72. The first-order chi connectivity index (χ1) is 14.9. The SMILES string of the molecule is CCC(C(=O)NC(C)C)N(Cc1ccc(OC)cc1)C(=O)CCCOc1ccccc1. The van der Waals surface area contributed by atoms with Crippen molar-refractivity contribution in [2.45, 2.75) is 58.7 Å². The van der Waals surface area contributed by atoms with E-state index in [0.29, 0.717) is 32.4 Å². The van der Waals surface area contributed by atoms with Gasteiger partial charge in [0.25, 0.3) is 0 Å². The fourth-order valence-electron chi connectivity index (χ4n) is 3.30. The monoisotopic (exact) mass is 426 g/mol. The fraction of sp³-hybridized carbons (Fsp3) is 0.440. The highest BCUT2D eigenvalue weighted by Gasteiger charge is 2.28. The minimum absolute atomic E-state index is 0.0127. The van der Waals surface area contributed by atoms with Crippen LogP contribution in [-0.2, 0) is 16.1 Å². The van der Waals surface area contributed by atoms with Crippen molar-refractivity contribution in [3.63, 3.8) is 0 Å². The van der Waals surface area contributed by atoms with Gasteiger partial charge in [-0.2, -0.15) is 0 Å². The van der Waals surface area contributed by atoms with E-state index in [0.717, 1.165) is 17.1 Å². The lowest BCUT2D eigenvalue weighted by atomic mass is 10.1. The van der Waals surface area contributed by atoms with Crippen molar-refractivity contribution in [2.75, 3.05) is 13.7 Å². The number of hydrogen-bond acceptors (Lipinski definition) is 4.